The maximum absolute atomic E-state index is 3.56. The van der Waals surface area contributed by atoms with Crippen LogP contribution in [0.4, 0.5) is 5.69 Å². The van der Waals surface area contributed by atoms with Crippen LogP contribution in [0.15, 0.2) is 48.5 Å². The first-order chi connectivity index (χ1) is 11.7. The first-order valence-corrected chi connectivity index (χ1v) is 9.28. The minimum absolute atomic E-state index is 0.410. The Morgan fingerprint density at radius 1 is 1.00 bits per heavy atom. The van der Waals surface area contributed by atoms with Crippen molar-refractivity contribution in [3.8, 4) is 0 Å². The number of nitrogens with zero attached hydrogens (tertiary/aromatic N) is 1. The molecular weight excluding hydrogens is 292 g/mol. The first-order valence-electron chi connectivity index (χ1n) is 9.28. The molecule has 0 spiro atoms. The molecular formula is C22H32N2. The SMILES string of the molecule is CCCNc1cc([C@H](C)N(CCC)Cc2ccccc2)ccc1C. The van der Waals surface area contributed by atoms with Gasteiger partial charge in [-0.05, 0) is 56.0 Å². The molecule has 0 heterocycles. The van der Waals surface area contributed by atoms with E-state index in [1.807, 2.05) is 0 Å². The highest BCUT2D eigenvalue weighted by Gasteiger charge is 2.16. The second-order valence-electron chi connectivity index (χ2n) is 6.63. The molecule has 2 nitrogen and oxygen atoms in total. The predicted molar refractivity (Wildman–Crippen MR) is 106 cm³/mol. The molecule has 1 N–H and O–H groups in total. The lowest BCUT2D eigenvalue weighted by Gasteiger charge is -2.30. The Bertz CT molecular complexity index is 607. The van der Waals surface area contributed by atoms with Gasteiger partial charge in [-0.3, -0.25) is 4.90 Å². The van der Waals surface area contributed by atoms with Gasteiger partial charge < -0.3 is 5.32 Å². The molecule has 0 unspecified atom stereocenters. The highest BCUT2D eigenvalue weighted by molar-refractivity contribution is 5.53. The molecule has 2 aromatic rings. The van der Waals surface area contributed by atoms with Crippen LogP contribution in [-0.4, -0.2) is 18.0 Å². The summed E-state index contributed by atoms with van der Waals surface area (Å²) in [6.07, 6.45) is 2.32. The van der Waals surface area contributed by atoms with Crippen molar-refractivity contribution >= 4 is 5.69 Å². The maximum atomic E-state index is 3.56. The smallest absolute Gasteiger partial charge is 0.0373 e. The zero-order valence-corrected chi connectivity index (χ0v) is 15.7. The molecule has 0 bridgehead atoms. The van der Waals surface area contributed by atoms with Gasteiger partial charge in [0.05, 0.1) is 0 Å². The standard InChI is InChI=1S/C22H32N2/c1-5-14-23-22-16-21(13-12-18(22)3)19(4)24(15-6-2)17-20-10-8-7-9-11-20/h7-13,16,19,23H,5-6,14-15,17H2,1-4H3/t19-/m0/s1. The Balaban J connectivity index is 2.17. The fraction of sp³-hybridized carbons (Fsp3) is 0.455. The fourth-order valence-corrected chi connectivity index (χ4v) is 3.08. The Kier molecular flexibility index (Phi) is 7.33. The Hall–Kier alpha value is -1.80. The lowest BCUT2D eigenvalue weighted by molar-refractivity contribution is 0.202. The molecule has 0 radical (unpaired) electrons. The summed E-state index contributed by atoms with van der Waals surface area (Å²) >= 11 is 0. The Morgan fingerprint density at radius 3 is 2.42 bits per heavy atom. The summed E-state index contributed by atoms with van der Waals surface area (Å²) < 4.78 is 0. The minimum atomic E-state index is 0.410. The van der Waals surface area contributed by atoms with Gasteiger partial charge in [-0.1, -0.05) is 56.3 Å². The molecule has 0 saturated carbocycles. The van der Waals surface area contributed by atoms with Crippen molar-refractivity contribution < 1.29 is 0 Å². The van der Waals surface area contributed by atoms with E-state index in [0.29, 0.717) is 6.04 Å². The number of anilines is 1. The van der Waals surface area contributed by atoms with Crippen molar-refractivity contribution in [2.45, 2.75) is 53.1 Å². The van der Waals surface area contributed by atoms with Crippen molar-refractivity contribution in [1.29, 1.82) is 0 Å². The van der Waals surface area contributed by atoms with Crippen molar-refractivity contribution in [1.82, 2.24) is 4.90 Å². The molecule has 0 aromatic heterocycles. The van der Waals surface area contributed by atoms with Crippen LogP contribution in [0.25, 0.3) is 0 Å². The molecule has 0 fully saturated rings. The summed E-state index contributed by atoms with van der Waals surface area (Å²) in [5, 5.41) is 3.56. The zero-order valence-electron chi connectivity index (χ0n) is 15.7. The maximum Gasteiger partial charge on any atom is 0.0373 e. The number of hydrogen-bond acceptors (Lipinski definition) is 2. The molecule has 0 amide bonds. The van der Waals surface area contributed by atoms with Crippen molar-refractivity contribution in [2.75, 3.05) is 18.4 Å². The summed E-state index contributed by atoms with van der Waals surface area (Å²) in [5.41, 5.74) is 5.37. The van der Waals surface area contributed by atoms with Crippen LogP contribution in [0.2, 0.25) is 0 Å². The van der Waals surface area contributed by atoms with Crippen molar-refractivity contribution in [3.05, 3.63) is 65.2 Å². The summed E-state index contributed by atoms with van der Waals surface area (Å²) in [4.78, 5) is 2.57. The third-order valence-corrected chi connectivity index (χ3v) is 4.60. The van der Waals surface area contributed by atoms with Gasteiger partial charge in [0.1, 0.15) is 0 Å². The summed E-state index contributed by atoms with van der Waals surface area (Å²) in [7, 11) is 0. The summed E-state index contributed by atoms with van der Waals surface area (Å²) in [6, 6.07) is 18.1. The van der Waals surface area contributed by atoms with Gasteiger partial charge in [-0.2, -0.15) is 0 Å². The molecule has 0 saturated heterocycles. The van der Waals surface area contributed by atoms with Crippen LogP contribution < -0.4 is 5.32 Å². The Morgan fingerprint density at radius 2 is 1.75 bits per heavy atom. The van der Waals surface area contributed by atoms with Crippen LogP contribution >= 0.6 is 0 Å². The van der Waals surface area contributed by atoms with E-state index in [4.69, 9.17) is 0 Å². The lowest BCUT2D eigenvalue weighted by Crippen LogP contribution is -2.27. The van der Waals surface area contributed by atoms with E-state index in [9.17, 15) is 0 Å². The van der Waals surface area contributed by atoms with E-state index in [0.717, 1.165) is 26.1 Å². The quantitative estimate of drug-likeness (QED) is 0.628. The van der Waals surface area contributed by atoms with Crippen molar-refractivity contribution in [3.63, 3.8) is 0 Å². The van der Waals surface area contributed by atoms with Gasteiger partial charge >= 0.3 is 0 Å². The largest absolute Gasteiger partial charge is 0.385 e. The van der Waals surface area contributed by atoms with Crippen LogP contribution in [0.5, 0.6) is 0 Å². The number of benzene rings is 2. The molecule has 2 heteroatoms. The van der Waals surface area contributed by atoms with Crippen LogP contribution in [0.3, 0.4) is 0 Å². The lowest BCUT2D eigenvalue weighted by atomic mass is 10.0. The third kappa shape index (κ3) is 5.10. The third-order valence-electron chi connectivity index (χ3n) is 4.60. The number of nitrogens with one attached hydrogen (secondary N) is 1. The molecule has 24 heavy (non-hydrogen) atoms. The summed E-state index contributed by atoms with van der Waals surface area (Å²) in [5.74, 6) is 0. The predicted octanol–water partition coefficient (Wildman–Crippen LogP) is 5.79. The van der Waals surface area contributed by atoms with E-state index in [1.54, 1.807) is 0 Å². The Labute approximate surface area is 147 Å². The fourth-order valence-electron chi connectivity index (χ4n) is 3.08. The highest BCUT2D eigenvalue weighted by Crippen LogP contribution is 2.27. The van der Waals surface area contributed by atoms with Crippen molar-refractivity contribution in [2.24, 2.45) is 0 Å². The summed E-state index contributed by atoms with van der Waals surface area (Å²) in [6.45, 7) is 12.1. The van der Waals surface area contributed by atoms with E-state index in [-0.39, 0.29) is 0 Å². The normalized spacial score (nSPS) is 12.4. The van der Waals surface area contributed by atoms with Gasteiger partial charge in [0.15, 0.2) is 0 Å². The van der Waals surface area contributed by atoms with E-state index < -0.39 is 0 Å². The van der Waals surface area contributed by atoms with Crippen LogP contribution in [0.1, 0.15) is 56.3 Å². The first kappa shape index (κ1) is 18.5. The van der Waals surface area contributed by atoms with E-state index in [2.05, 4.69) is 86.4 Å². The van der Waals surface area contributed by atoms with Gasteiger partial charge in [0.25, 0.3) is 0 Å². The topological polar surface area (TPSA) is 15.3 Å². The number of rotatable bonds is 9. The van der Waals surface area contributed by atoms with Gasteiger partial charge in [0.2, 0.25) is 0 Å². The van der Waals surface area contributed by atoms with E-state index in [1.165, 1.54) is 28.8 Å². The number of hydrogen-bond donors (Lipinski definition) is 1. The van der Waals surface area contributed by atoms with E-state index >= 15 is 0 Å². The molecule has 130 valence electrons. The molecule has 2 rings (SSSR count). The molecule has 2 aromatic carbocycles. The van der Waals surface area contributed by atoms with Crippen LogP contribution in [-0.2, 0) is 6.54 Å². The van der Waals surface area contributed by atoms with Crippen LogP contribution in [0, 0.1) is 6.92 Å². The molecule has 0 aliphatic rings. The second kappa shape index (κ2) is 9.48. The average Bonchev–Trinajstić information content (AvgIpc) is 2.61. The molecule has 1 atom stereocenters. The van der Waals surface area contributed by atoms with Gasteiger partial charge in [-0.15, -0.1) is 0 Å². The zero-order chi connectivity index (χ0) is 17.4. The molecule has 0 aliphatic carbocycles. The van der Waals surface area contributed by atoms with Gasteiger partial charge in [0, 0.05) is 24.8 Å². The minimum Gasteiger partial charge on any atom is -0.385 e. The monoisotopic (exact) mass is 324 g/mol. The van der Waals surface area contributed by atoms with Gasteiger partial charge in [-0.25, -0.2) is 0 Å². The highest BCUT2D eigenvalue weighted by atomic mass is 15.1. The number of aryl methyl sites for hydroxylation is 1. The average molecular weight is 325 g/mol. The molecule has 0 aliphatic heterocycles. The second-order valence-corrected chi connectivity index (χ2v) is 6.63.